The molecule has 0 saturated heterocycles. The largest absolute Gasteiger partial charge is 0.482 e. The van der Waals surface area contributed by atoms with Gasteiger partial charge in [-0.2, -0.15) is 5.10 Å². The maximum absolute atomic E-state index is 12.5. The second-order valence-electron chi connectivity index (χ2n) is 5.98. The van der Waals surface area contributed by atoms with E-state index in [-0.39, 0.29) is 18.6 Å². The zero-order valence-corrected chi connectivity index (χ0v) is 16.4. The third-order valence-corrected chi connectivity index (χ3v) is 4.82. The Morgan fingerprint density at radius 1 is 1.22 bits per heavy atom. The van der Waals surface area contributed by atoms with Crippen molar-refractivity contribution in [3.8, 4) is 11.4 Å². The van der Waals surface area contributed by atoms with Gasteiger partial charge in [0.05, 0.1) is 16.8 Å². The molecule has 1 atom stereocenters. The van der Waals surface area contributed by atoms with Crippen LogP contribution in [0.4, 0.5) is 0 Å². The second kappa shape index (κ2) is 8.41. The van der Waals surface area contributed by atoms with Crippen molar-refractivity contribution in [2.45, 2.75) is 13.0 Å². The number of carbonyl (C=O) groups excluding carboxylic acids is 1. The molecule has 0 unspecified atom stereocenters. The summed E-state index contributed by atoms with van der Waals surface area (Å²) in [6.07, 6.45) is 3.11. The fourth-order valence-corrected chi connectivity index (χ4v) is 2.85. The lowest BCUT2D eigenvalue weighted by molar-refractivity contribution is -0.134. The summed E-state index contributed by atoms with van der Waals surface area (Å²) in [6.45, 7) is 1.83. The molecular formula is C19H18Cl2N4O2. The van der Waals surface area contributed by atoms with Gasteiger partial charge in [0.25, 0.3) is 5.91 Å². The van der Waals surface area contributed by atoms with Crippen molar-refractivity contribution >= 4 is 29.1 Å². The molecule has 0 fully saturated rings. The molecule has 0 N–H and O–H groups in total. The maximum Gasteiger partial charge on any atom is 0.260 e. The number of aromatic nitrogens is 3. The molecule has 0 aliphatic carbocycles. The first-order valence-electron chi connectivity index (χ1n) is 8.24. The number of nitrogens with zero attached hydrogens (tertiary/aromatic N) is 4. The van der Waals surface area contributed by atoms with Crippen molar-refractivity contribution in [2.75, 3.05) is 13.7 Å². The van der Waals surface area contributed by atoms with Gasteiger partial charge in [0.15, 0.2) is 6.61 Å². The molecule has 0 spiro atoms. The number of ether oxygens (including phenoxy) is 1. The molecule has 1 aromatic heterocycles. The lowest BCUT2D eigenvalue weighted by Crippen LogP contribution is -2.33. The van der Waals surface area contributed by atoms with Crippen molar-refractivity contribution in [1.82, 2.24) is 19.7 Å². The molecule has 0 saturated carbocycles. The Morgan fingerprint density at radius 2 is 1.96 bits per heavy atom. The van der Waals surface area contributed by atoms with Crippen LogP contribution in [0.3, 0.4) is 0 Å². The van der Waals surface area contributed by atoms with E-state index >= 15 is 0 Å². The first-order valence-corrected chi connectivity index (χ1v) is 9.00. The Hall–Kier alpha value is -2.57. The number of benzene rings is 2. The number of hydrogen-bond acceptors (Lipinski definition) is 4. The summed E-state index contributed by atoms with van der Waals surface area (Å²) in [4.78, 5) is 18.0. The zero-order valence-electron chi connectivity index (χ0n) is 14.8. The minimum atomic E-state index is -0.168. The molecule has 6 nitrogen and oxygen atoms in total. The van der Waals surface area contributed by atoms with Gasteiger partial charge in [-0.25, -0.2) is 9.67 Å². The van der Waals surface area contributed by atoms with Gasteiger partial charge in [0, 0.05) is 18.1 Å². The van der Waals surface area contributed by atoms with Crippen LogP contribution in [-0.2, 0) is 4.79 Å². The Kier molecular flexibility index (Phi) is 5.98. The smallest absolute Gasteiger partial charge is 0.260 e. The second-order valence-corrected chi connectivity index (χ2v) is 6.82. The summed E-state index contributed by atoms with van der Waals surface area (Å²) in [6, 6.07) is 12.5. The summed E-state index contributed by atoms with van der Waals surface area (Å²) in [7, 11) is 1.74. The molecule has 1 heterocycles. The van der Waals surface area contributed by atoms with E-state index in [2.05, 4.69) is 10.1 Å². The van der Waals surface area contributed by atoms with Crippen molar-refractivity contribution in [3.63, 3.8) is 0 Å². The van der Waals surface area contributed by atoms with E-state index in [1.54, 1.807) is 41.2 Å². The van der Waals surface area contributed by atoms with E-state index < -0.39 is 0 Å². The quantitative estimate of drug-likeness (QED) is 0.618. The number of rotatable bonds is 6. The van der Waals surface area contributed by atoms with Crippen LogP contribution in [0, 0.1) is 0 Å². The molecule has 0 bridgehead atoms. The summed E-state index contributed by atoms with van der Waals surface area (Å²) in [5.41, 5.74) is 1.90. The van der Waals surface area contributed by atoms with Gasteiger partial charge in [0.1, 0.15) is 18.4 Å². The summed E-state index contributed by atoms with van der Waals surface area (Å²) < 4.78 is 7.20. The van der Waals surface area contributed by atoms with Crippen LogP contribution < -0.4 is 4.74 Å². The highest BCUT2D eigenvalue weighted by atomic mass is 35.5. The molecule has 2 aromatic carbocycles. The Balaban J connectivity index is 1.63. The lowest BCUT2D eigenvalue weighted by Gasteiger charge is -2.25. The number of amides is 1. The number of carbonyl (C=O) groups is 1. The SMILES string of the molecule is C[C@H](c1ccc(-n2cncn2)cc1)N(C)C(=O)COc1cc(Cl)ccc1Cl. The topological polar surface area (TPSA) is 60.2 Å². The Morgan fingerprint density at radius 3 is 2.63 bits per heavy atom. The standard InChI is InChI=1S/C19H18Cl2N4O2/c1-13(14-3-6-16(7-4-14)25-12-22-11-23-25)24(2)19(26)10-27-18-9-15(20)5-8-17(18)21/h3-9,11-13H,10H2,1-2H3/t13-/m1/s1. The average molecular weight is 405 g/mol. The normalized spacial score (nSPS) is 11.9. The monoisotopic (exact) mass is 404 g/mol. The van der Waals surface area contributed by atoms with Gasteiger partial charge in [-0.05, 0) is 36.8 Å². The fourth-order valence-electron chi connectivity index (χ4n) is 2.52. The highest BCUT2D eigenvalue weighted by Crippen LogP contribution is 2.28. The molecule has 0 radical (unpaired) electrons. The van der Waals surface area contributed by atoms with Crippen molar-refractivity contribution in [2.24, 2.45) is 0 Å². The van der Waals surface area contributed by atoms with E-state index in [1.807, 2.05) is 31.2 Å². The van der Waals surface area contributed by atoms with Crippen LogP contribution in [-0.4, -0.2) is 39.2 Å². The van der Waals surface area contributed by atoms with Crippen LogP contribution in [0.15, 0.2) is 55.1 Å². The molecule has 0 aliphatic rings. The summed E-state index contributed by atoms with van der Waals surface area (Å²) >= 11 is 12.0. The summed E-state index contributed by atoms with van der Waals surface area (Å²) in [5.74, 6) is 0.217. The Bertz CT molecular complexity index is 914. The first kappa shape index (κ1) is 19.2. The van der Waals surface area contributed by atoms with E-state index in [0.717, 1.165) is 11.3 Å². The molecule has 3 rings (SSSR count). The summed E-state index contributed by atoms with van der Waals surface area (Å²) in [5, 5.41) is 5.00. The molecular weight excluding hydrogens is 387 g/mol. The van der Waals surface area contributed by atoms with E-state index in [1.165, 1.54) is 6.33 Å². The van der Waals surface area contributed by atoms with E-state index in [4.69, 9.17) is 27.9 Å². The minimum absolute atomic E-state index is 0.124. The highest BCUT2D eigenvalue weighted by molar-refractivity contribution is 6.34. The number of hydrogen-bond donors (Lipinski definition) is 0. The minimum Gasteiger partial charge on any atom is -0.482 e. The predicted molar refractivity (Wildman–Crippen MR) is 105 cm³/mol. The molecule has 0 aliphatic heterocycles. The lowest BCUT2D eigenvalue weighted by atomic mass is 10.1. The predicted octanol–water partition coefficient (Wildman–Crippen LogP) is 4.17. The van der Waals surface area contributed by atoms with Crippen molar-refractivity contribution in [1.29, 1.82) is 0 Å². The van der Waals surface area contributed by atoms with Gasteiger partial charge in [-0.15, -0.1) is 0 Å². The third-order valence-electron chi connectivity index (χ3n) is 4.28. The Labute approximate surface area is 167 Å². The van der Waals surface area contributed by atoms with Gasteiger partial charge in [-0.3, -0.25) is 4.79 Å². The molecule has 8 heteroatoms. The average Bonchev–Trinajstić information content (AvgIpc) is 3.22. The molecule has 1 amide bonds. The first-order chi connectivity index (χ1) is 13.0. The zero-order chi connectivity index (χ0) is 19.4. The molecule has 3 aromatic rings. The molecule has 140 valence electrons. The number of likely N-dealkylation sites (N-methyl/N-ethyl adjacent to an activating group) is 1. The van der Waals surface area contributed by atoms with Gasteiger partial charge in [0.2, 0.25) is 0 Å². The van der Waals surface area contributed by atoms with Crippen LogP contribution >= 0.6 is 23.2 Å². The third kappa shape index (κ3) is 4.59. The fraction of sp³-hybridized carbons (Fsp3) is 0.211. The molecule has 27 heavy (non-hydrogen) atoms. The van der Waals surface area contributed by atoms with E-state index in [0.29, 0.717) is 15.8 Å². The van der Waals surface area contributed by atoms with E-state index in [9.17, 15) is 4.79 Å². The van der Waals surface area contributed by atoms with Gasteiger partial charge < -0.3 is 9.64 Å². The van der Waals surface area contributed by atoms with Crippen LogP contribution in [0.2, 0.25) is 10.0 Å². The number of halogens is 2. The van der Waals surface area contributed by atoms with Crippen LogP contribution in [0.1, 0.15) is 18.5 Å². The van der Waals surface area contributed by atoms with Gasteiger partial charge >= 0.3 is 0 Å². The van der Waals surface area contributed by atoms with Crippen molar-refractivity contribution < 1.29 is 9.53 Å². The van der Waals surface area contributed by atoms with Gasteiger partial charge in [-0.1, -0.05) is 35.3 Å². The van der Waals surface area contributed by atoms with Crippen LogP contribution in [0.25, 0.3) is 5.69 Å². The van der Waals surface area contributed by atoms with Crippen molar-refractivity contribution in [3.05, 3.63) is 70.7 Å². The highest BCUT2D eigenvalue weighted by Gasteiger charge is 2.18. The van der Waals surface area contributed by atoms with Crippen LogP contribution in [0.5, 0.6) is 5.75 Å². The maximum atomic E-state index is 12.5.